The first kappa shape index (κ1) is 11.3. The molecule has 0 saturated carbocycles. The highest BCUT2D eigenvalue weighted by molar-refractivity contribution is 6.43. The van der Waals surface area contributed by atoms with Crippen LogP contribution in [0.4, 0.5) is 5.69 Å². The highest BCUT2D eigenvalue weighted by Crippen LogP contribution is 2.32. The van der Waals surface area contributed by atoms with Crippen LogP contribution in [0.1, 0.15) is 0 Å². The molecule has 1 aromatic carbocycles. The number of piperazine rings is 1. The zero-order chi connectivity index (χ0) is 10.8. The minimum Gasteiger partial charge on any atom is -0.368 e. The molecule has 0 unspecified atom stereocenters. The summed E-state index contributed by atoms with van der Waals surface area (Å²) in [4.78, 5) is 2.20. The van der Waals surface area contributed by atoms with Crippen LogP contribution < -0.4 is 4.90 Å². The highest BCUT2D eigenvalue weighted by Gasteiger charge is 2.18. The fraction of sp³-hybridized carbons (Fsp3) is 0.400. The molecule has 0 bridgehead atoms. The first-order valence-corrected chi connectivity index (χ1v) is 5.87. The molecule has 1 saturated heterocycles. The number of nitrogens with zero attached hydrogens (tertiary/aromatic N) is 2. The van der Waals surface area contributed by atoms with Crippen LogP contribution in [0.25, 0.3) is 0 Å². The van der Waals surface area contributed by atoms with Crippen LogP contribution in [-0.2, 0) is 0 Å². The minimum absolute atomic E-state index is 0.600. The zero-order valence-corrected chi connectivity index (χ0v) is 10.4. The van der Waals surface area contributed by atoms with Gasteiger partial charge in [-0.25, -0.2) is 4.42 Å². The maximum Gasteiger partial charge on any atom is 0.0825 e. The third-order valence-electron chi connectivity index (χ3n) is 2.50. The summed E-state index contributed by atoms with van der Waals surface area (Å²) in [5.74, 6) is 0. The molecule has 0 N–H and O–H groups in total. The normalized spacial score (nSPS) is 18.2. The lowest BCUT2D eigenvalue weighted by molar-refractivity contribution is 0.416. The van der Waals surface area contributed by atoms with Crippen molar-refractivity contribution in [3.8, 4) is 0 Å². The lowest BCUT2D eigenvalue weighted by Crippen LogP contribution is -2.42. The van der Waals surface area contributed by atoms with E-state index in [0.29, 0.717) is 10.0 Å². The summed E-state index contributed by atoms with van der Waals surface area (Å²) in [5, 5.41) is 1.23. The molecular weight excluding hydrogens is 254 g/mol. The van der Waals surface area contributed by atoms with Gasteiger partial charge in [-0.3, -0.25) is 0 Å². The van der Waals surface area contributed by atoms with E-state index in [1.165, 1.54) is 0 Å². The number of rotatable bonds is 1. The lowest BCUT2D eigenvalue weighted by atomic mass is 10.2. The number of halogens is 3. The van der Waals surface area contributed by atoms with Crippen molar-refractivity contribution in [3.05, 3.63) is 28.2 Å². The Balaban J connectivity index is 2.19. The molecule has 0 atom stereocenters. The fourth-order valence-corrected chi connectivity index (χ4v) is 2.23. The van der Waals surface area contributed by atoms with Gasteiger partial charge >= 0.3 is 0 Å². The standard InChI is InChI=1S/C10H11Cl3N2/c11-8-2-1-3-9(10(8)12)14-4-6-15(13)7-5-14/h1-3H,4-7H2. The summed E-state index contributed by atoms with van der Waals surface area (Å²) in [5.41, 5.74) is 0.994. The van der Waals surface area contributed by atoms with Crippen molar-refractivity contribution in [2.45, 2.75) is 0 Å². The number of anilines is 1. The number of benzene rings is 1. The van der Waals surface area contributed by atoms with Crippen molar-refractivity contribution >= 4 is 40.7 Å². The number of hydrogen-bond acceptors (Lipinski definition) is 2. The Morgan fingerprint density at radius 2 is 1.67 bits per heavy atom. The zero-order valence-electron chi connectivity index (χ0n) is 8.09. The average Bonchev–Trinajstić information content (AvgIpc) is 2.24. The van der Waals surface area contributed by atoms with Crippen molar-refractivity contribution in [2.24, 2.45) is 0 Å². The Kier molecular flexibility index (Phi) is 3.62. The van der Waals surface area contributed by atoms with Crippen molar-refractivity contribution in [3.63, 3.8) is 0 Å². The smallest absolute Gasteiger partial charge is 0.0825 e. The van der Waals surface area contributed by atoms with E-state index < -0.39 is 0 Å². The first-order chi connectivity index (χ1) is 7.18. The molecule has 2 rings (SSSR count). The van der Waals surface area contributed by atoms with Gasteiger partial charge in [-0.2, -0.15) is 0 Å². The molecule has 15 heavy (non-hydrogen) atoms. The van der Waals surface area contributed by atoms with Gasteiger partial charge in [0.1, 0.15) is 0 Å². The lowest BCUT2D eigenvalue weighted by Gasteiger charge is -2.33. The summed E-state index contributed by atoms with van der Waals surface area (Å²) in [7, 11) is 0. The molecule has 5 heteroatoms. The van der Waals surface area contributed by atoms with Gasteiger partial charge in [0.25, 0.3) is 0 Å². The molecule has 0 aliphatic carbocycles. The van der Waals surface area contributed by atoms with Crippen molar-refractivity contribution in [1.29, 1.82) is 0 Å². The topological polar surface area (TPSA) is 6.48 Å². The van der Waals surface area contributed by atoms with Crippen LogP contribution in [0, 0.1) is 0 Å². The van der Waals surface area contributed by atoms with Crippen LogP contribution in [0.5, 0.6) is 0 Å². The minimum atomic E-state index is 0.600. The van der Waals surface area contributed by atoms with Crippen LogP contribution >= 0.6 is 35.0 Å². The molecule has 0 aromatic heterocycles. The Morgan fingerprint density at radius 1 is 1.00 bits per heavy atom. The van der Waals surface area contributed by atoms with Gasteiger partial charge in [0, 0.05) is 26.2 Å². The second kappa shape index (κ2) is 4.79. The maximum atomic E-state index is 6.14. The highest BCUT2D eigenvalue weighted by atomic mass is 35.5. The summed E-state index contributed by atoms with van der Waals surface area (Å²) < 4.78 is 1.79. The van der Waals surface area contributed by atoms with E-state index in [0.717, 1.165) is 31.9 Å². The van der Waals surface area contributed by atoms with E-state index in [1.807, 2.05) is 12.1 Å². The molecule has 82 valence electrons. The van der Waals surface area contributed by atoms with E-state index in [9.17, 15) is 0 Å². The third kappa shape index (κ3) is 2.51. The van der Waals surface area contributed by atoms with Crippen molar-refractivity contribution in [1.82, 2.24) is 4.42 Å². The molecule has 2 nitrogen and oxygen atoms in total. The van der Waals surface area contributed by atoms with Gasteiger partial charge in [0.2, 0.25) is 0 Å². The van der Waals surface area contributed by atoms with Crippen molar-refractivity contribution < 1.29 is 0 Å². The maximum absolute atomic E-state index is 6.14. The summed E-state index contributed by atoms with van der Waals surface area (Å²) >= 11 is 18.0. The van der Waals surface area contributed by atoms with Crippen LogP contribution in [0.3, 0.4) is 0 Å². The molecule has 1 aromatic rings. The second-order valence-electron chi connectivity index (χ2n) is 3.47. The van der Waals surface area contributed by atoms with Crippen LogP contribution in [-0.4, -0.2) is 30.6 Å². The van der Waals surface area contributed by atoms with E-state index in [2.05, 4.69) is 4.90 Å². The van der Waals surface area contributed by atoms with Gasteiger partial charge in [-0.15, -0.1) is 0 Å². The van der Waals surface area contributed by atoms with Gasteiger partial charge in [0.05, 0.1) is 15.7 Å². The van der Waals surface area contributed by atoms with Crippen molar-refractivity contribution in [2.75, 3.05) is 31.1 Å². The second-order valence-corrected chi connectivity index (χ2v) is 4.73. The quantitative estimate of drug-likeness (QED) is 0.719. The SMILES string of the molecule is Clc1cccc(N2CCN(Cl)CC2)c1Cl. The largest absolute Gasteiger partial charge is 0.368 e. The molecular formula is C10H11Cl3N2. The first-order valence-electron chi connectivity index (χ1n) is 4.78. The summed E-state index contributed by atoms with van der Waals surface area (Å²) in [6.07, 6.45) is 0. The molecule has 1 aliphatic rings. The molecule has 1 fully saturated rings. The van der Waals surface area contributed by atoms with E-state index in [4.69, 9.17) is 35.0 Å². The fourth-order valence-electron chi connectivity index (χ4n) is 1.66. The molecule has 1 heterocycles. The predicted molar refractivity (Wildman–Crippen MR) is 66.1 cm³/mol. The number of hydrogen-bond donors (Lipinski definition) is 0. The Labute approximate surface area is 104 Å². The Bertz CT molecular complexity index is 349. The predicted octanol–water partition coefficient (Wildman–Crippen LogP) is 3.27. The van der Waals surface area contributed by atoms with E-state index in [-0.39, 0.29) is 0 Å². The monoisotopic (exact) mass is 264 g/mol. The van der Waals surface area contributed by atoms with Gasteiger partial charge in [-0.1, -0.05) is 29.3 Å². The van der Waals surface area contributed by atoms with Gasteiger partial charge in [0.15, 0.2) is 0 Å². The van der Waals surface area contributed by atoms with E-state index in [1.54, 1.807) is 10.5 Å². The van der Waals surface area contributed by atoms with Crippen LogP contribution in [0.2, 0.25) is 10.0 Å². The Morgan fingerprint density at radius 3 is 2.33 bits per heavy atom. The Hall–Kier alpha value is -0.150. The molecule has 0 radical (unpaired) electrons. The average molecular weight is 266 g/mol. The van der Waals surface area contributed by atoms with E-state index >= 15 is 0 Å². The molecule has 0 spiro atoms. The van der Waals surface area contributed by atoms with Gasteiger partial charge in [-0.05, 0) is 23.9 Å². The third-order valence-corrected chi connectivity index (χ3v) is 3.64. The summed E-state index contributed by atoms with van der Waals surface area (Å²) in [6, 6.07) is 5.69. The molecule has 1 aliphatic heterocycles. The molecule has 0 amide bonds. The van der Waals surface area contributed by atoms with Crippen LogP contribution in [0.15, 0.2) is 18.2 Å². The summed E-state index contributed by atoms with van der Waals surface area (Å²) in [6.45, 7) is 3.43. The van der Waals surface area contributed by atoms with Gasteiger partial charge < -0.3 is 4.90 Å².